The van der Waals surface area contributed by atoms with Crippen LogP contribution in [0.4, 0.5) is 5.82 Å². The molecule has 7 nitrogen and oxygen atoms in total. The standard InChI is InChI=1S/C21H26N4O3/c1-20(2,3)19-23-16-14(17(26)24-19)5-8-21(16)7-4-10-25(12-21)15-11-13(18(27)28)6-9-22-15/h6,9,11H,4-5,7-8,10,12H2,1-3H3,(H,27,28)(H,23,24,26). The van der Waals surface area contributed by atoms with Gasteiger partial charge in [-0.25, -0.2) is 14.8 Å². The van der Waals surface area contributed by atoms with Gasteiger partial charge < -0.3 is 15.0 Å². The van der Waals surface area contributed by atoms with Crippen molar-refractivity contribution in [2.45, 2.75) is 57.3 Å². The Morgan fingerprint density at radius 1 is 1.32 bits per heavy atom. The SMILES string of the molecule is CC(C)(C)c1nc2c(c(=O)[nH]1)CCC21CCCN(c2cc(C(=O)O)ccn2)C1. The molecular weight excluding hydrogens is 356 g/mol. The maximum atomic E-state index is 12.7. The number of anilines is 1. The van der Waals surface area contributed by atoms with Crippen molar-refractivity contribution >= 4 is 11.8 Å². The third-order valence-electron chi connectivity index (χ3n) is 5.98. The Kier molecular flexibility index (Phi) is 4.28. The van der Waals surface area contributed by atoms with Crippen molar-refractivity contribution < 1.29 is 9.90 Å². The molecule has 28 heavy (non-hydrogen) atoms. The Hall–Kier alpha value is -2.70. The van der Waals surface area contributed by atoms with Gasteiger partial charge in [0.15, 0.2) is 0 Å². The van der Waals surface area contributed by atoms with Gasteiger partial charge in [-0.15, -0.1) is 0 Å². The zero-order valence-electron chi connectivity index (χ0n) is 16.6. The van der Waals surface area contributed by atoms with Crippen LogP contribution in [-0.2, 0) is 17.3 Å². The minimum absolute atomic E-state index is 0.0186. The highest BCUT2D eigenvalue weighted by molar-refractivity contribution is 5.88. The Morgan fingerprint density at radius 3 is 2.82 bits per heavy atom. The molecule has 0 radical (unpaired) electrons. The molecule has 1 aliphatic carbocycles. The Morgan fingerprint density at radius 2 is 2.11 bits per heavy atom. The van der Waals surface area contributed by atoms with Gasteiger partial charge in [-0.2, -0.15) is 0 Å². The van der Waals surface area contributed by atoms with Gasteiger partial charge in [0, 0.05) is 35.7 Å². The summed E-state index contributed by atoms with van der Waals surface area (Å²) in [5.41, 5.74) is 1.55. The summed E-state index contributed by atoms with van der Waals surface area (Å²) < 4.78 is 0. The van der Waals surface area contributed by atoms with Crippen LogP contribution < -0.4 is 10.5 Å². The number of hydrogen-bond acceptors (Lipinski definition) is 5. The van der Waals surface area contributed by atoms with Gasteiger partial charge in [0.25, 0.3) is 5.56 Å². The Labute approximate surface area is 163 Å². The molecule has 2 aromatic heterocycles. The van der Waals surface area contributed by atoms with Crippen LogP contribution in [0.1, 0.15) is 67.5 Å². The van der Waals surface area contributed by atoms with Crippen molar-refractivity contribution in [1.82, 2.24) is 15.0 Å². The van der Waals surface area contributed by atoms with E-state index >= 15 is 0 Å². The molecule has 1 unspecified atom stereocenters. The molecule has 1 saturated heterocycles. The van der Waals surface area contributed by atoms with E-state index in [2.05, 4.69) is 14.9 Å². The zero-order chi connectivity index (χ0) is 20.1. The molecule has 2 aromatic rings. The molecule has 4 rings (SSSR count). The third kappa shape index (κ3) is 3.08. The predicted octanol–water partition coefficient (Wildman–Crippen LogP) is 2.65. The van der Waals surface area contributed by atoms with E-state index in [1.807, 2.05) is 20.8 Å². The van der Waals surface area contributed by atoms with Crippen molar-refractivity contribution in [1.29, 1.82) is 0 Å². The molecule has 3 heterocycles. The summed E-state index contributed by atoms with van der Waals surface area (Å²) in [4.78, 5) is 38.5. The number of aromatic nitrogens is 3. The van der Waals surface area contributed by atoms with Crippen LogP contribution >= 0.6 is 0 Å². The third-order valence-corrected chi connectivity index (χ3v) is 5.98. The summed E-state index contributed by atoms with van der Waals surface area (Å²) in [6.07, 6.45) is 5.11. The number of nitrogens with zero attached hydrogens (tertiary/aromatic N) is 3. The van der Waals surface area contributed by atoms with Crippen LogP contribution in [0.5, 0.6) is 0 Å². The number of H-pyrrole nitrogens is 1. The highest BCUT2D eigenvalue weighted by Crippen LogP contribution is 2.44. The summed E-state index contributed by atoms with van der Waals surface area (Å²) in [5, 5.41) is 9.29. The maximum absolute atomic E-state index is 12.7. The van der Waals surface area contributed by atoms with Crippen LogP contribution in [-0.4, -0.2) is 39.1 Å². The van der Waals surface area contributed by atoms with Gasteiger partial charge in [0.2, 0.25) is 0 Å². The minimum Gasteiger partial charge on any atom is -0.478 e. The van der Waals surface area contributed by atoms with E-state index in [0.29, 0.717) is 12.4 Å². The number of piperidine rings is 1. The second-order valence-electron chi connectivity index (χ2n) is 9.01. The molecule has 1 fully saturated rings. The second kappa shape index (κ2) is 6.43. The lowest BCUT2D eigenvalue weighted by atomic mass is 9.77. The molecule has 148 valence electrons. The van der Waals surface area contributed by atoms with E-state index in [1.54, 1.807) is 12.3 Å². The molecule has 7 heteroatoms. The fraction of sp³-hybridized carbons (Fsp3) is 0.524. The highest BCUT2D eigenvalue weighted by Gasteiger charge is 2.45. The summed E-state index contributed by atoms with van der Waals surface area (Å²) in [5.74, 6) is 0.443. The van der Waals surface area contributed by atoms with Gasteiger partial charge in [-0.3, -0.25) is 4.79 Å². The van der Waals surface area contributed by atoms with Crippen LogP contribution in [0, 0.1) is 0 Å². The average molecular weight is 382 g/mol. The molecule has 2 N–H and O–H groups in total. The number of rotatable bonds is 2. The Bertz CT molecular complexity index is 992. The largest absolute Gasteiger partial charge is 0.478 e. The summed E-state index contributed by atoms with van der Waals surface area (Å²) >= 11 is 0. The lowest BCUT2D eigenvalue weighted by molar-refractivity contribution is 0.0696. The summed E-state index contributed by atoms with van der Waals surface area (Å²) in [6, 6.07) is 3.14. The number of hydrogen-bond donors (Lipinski definition) is 2. The topological polar surface area (TPSA) is 99.2 Å². The van der Waals surface area contributed by atoms with Crippen LogP contribution in [0.15, 0.2) is 23.1 Å². The van der Waals surface area contributed by atoms with E-state index in [0.717, 1.165) is 49.3 Å². The first-order valence-corrected chi connectivity index (χ1v) is 9.78. The molecule has 0 saturated carbocycles. The Balaban J connectivity index is 1.73. The number of pyridine rings is 1. The first-order chi connectivity index (χ1) is 13.2. The van der Waals surface area contributed by atoms with Gasteiger partial charge >= 0.3 is 5.97 Å². The number of aromatic carboxylic acids is 1. The fourth-order valence-electron chi connectivity index (χ4n) is 4.46. The van der Waals surface area contributed by atoms with E-state index < -0.39 is 5.97 Å². The number of carbonyl (C=O) groups is 1. The molecular formula is C21H26N4O3. The van der Waals surface area contributed by atoms with E-state index in [1.165, 1.54) is 6.07 Å². The normalized spacial score (nSPS) is 21.8. The predicted molar refractivity (Wildman–Crippen MR) is 106 cm³/mol. The summed E-state index contributed by atoms with van der Waals surface area (Å²) in [6.45, 7) is 7.67. The molecule has 0 aromatic carbocycles. The number of carboxylic acid groups (broad SMARTS) is 1. The summed E-state index contributed by atoms with van der Waals surface area (Å²) in [7, 11) is 0. The van der Waals surface area contributed by atoms with Crippen LogP contribution in [0.2, 0.25) is 0 Å². The molecule has 0 bridgehead atoms. The minimum atomic E-state index is -0.954. The number of aromatic amines is 1. The number of fused-ring (bicyclic) bond motifs is 2. The monoisotopic (exact) mass is 382 g/mol. The molecule has 1 atom stereocenters. The maximum Gasteiger partial charge on any atom is 0.335 e. The van der Waals surface area contributed by atoms with Crippen molar-refractivity contribution in [2.24, 2.45) is 0 Å². The van der Waals surface area contributed by atoms with E-state index in [-0.39, 0.29) is 22.0 Å². The first kappa shape index (κ1) is 18.7. The molecule has 1 aliphatic heterocycles. The quantitative estimate of drug-likeness (QED) is 0.828. The first-order valence-electron chi connectivity index (χ1n) is 9.78. The van der Waals surface area contributed by atoms with Crippen LogP contribution in [0.3, 0.4) is 0 Å². The van der Waals surface area contributed by atoms with Crippen molar-refractivity contribution in [2.75, 3.05) is 18.0 Å². The molecule has 0 amide bonds. The highest BCUT2D eigenvalue weighted by atomic mass is 16.4. The smallest absolute Gasteiger partial charge is 0.335 e. The van der Waals surface area contributed by atoms with E-state index in [4.69, 9.17) is 4.98 Å². The van der Waals surface area contributed by atoms with Crippen molar-refractivity contribution in [3.63, 3.8) is 0 Å². The number of carboxylic acids is 1. The lowest BCUT2D eigenvalue weighted by Gasteiger charge is -2.41. The second-order valence-corrected chi connectivity index (χ2v) is 9.01. The average Bonchev–Trinajstić information content (AvgIpc) is 3.00. The zero-order valence-corrected chi connectivity index (χ0v) is 16.6. The van der Waals surface area contributed by atoms with Crippen LogP contribution in [0.25, 0.3) is 0 Å². The fourth-order valence-corrected chi connectivity index (χ4v) is 4.46. The van der Waals surface area contributed by atoms with E-state index in [9.17, 15) is 14.7 Å². The van der Waals surface area contributed by atoms with Gasteiger partial charge in [-0.1, -0.05) is 20.8 Å². The van der Waals surface area contributed by atoms with Gasteiger partial charge in [0.05, 0.1) is 11.3 Å². The van der Waals surface area contributed by atoms with Gasteiger partial charge in [-0.05, 0) is 37.8 Å². The lowest BCUT2D eigenvalue weighted by Crippen LogP contribution is -2.46. The van der Waals surface area contributed by atoms with Crippen molar-refractivity contribution in [3.05, 3.63) is 51.3 Å². The van der Waals surface area contributed by atoms with Gasteiger partial charge in [0.1, 0.15) is 11.6 Å². The number of nitrogens with one attached hydrogen (secondary N) is 1. The van der Waals surface area contributed by atoms with Crippen molar-refractivity contribution in [3.8, 4) is 0 Å². The molecule has 1 spiro atoms. The molecule has 2 aliphatic rings.